The molecule has 1 aromatic carbocycles. The zero-order valence-corrected chi connectivity index (χ0v) is 9.77. The number of hydrogen-bond donors (Lipinski definition) is 0. The highest BCUT2D eigenvalue weighted by Crippen LogP contribution is 2.29. The number of benzene rings is 1. The van der Waals surface area contributed by atoms with E-state index in [2.05, 4.69) is 42.2 Å². The molecule has 0 saturated heterocycles. The number of likely N-dealkylation sites (N-methyl/N-ethyl adjacent to an activating group) is 1. The Morgan fingerprint density at radius 2 is 1.94 bits per heavy atom. The minimum Gasteiger partial charge on any atom is -0.306 e. The Kier molecular flexibility index (Phi) is 2.18. The predicted octanol–water partition coefficient (Wildman–Crippen LogP) is 2.26. The van der Waals surface area contributed by atoms with E-state index in [0.29, 0.717) is 6.04 Å². The van der Waals surface area contributed by atoms with Gasteiger partial charge in [-0.1, -0.05) is 18.2 Å². The van der Waals surface area contributed by atoms with Crippen molar-refractivity contribution in [1.82, 2.24) is 9.88 Å². The molecule has 0 saturated carbocycles. The summed E-state index contributed by atoms with van der Waals surface area (Å²) in [6.45, 7) is 0. The summed E-state index contributed by atoms with van der Waals surface area (Å²) in [7, 11) is 4.32. The molecule has 1 aliphatic rings. The van der Waals surface area contributed by atoms with Gasteiger partial charge in [-0.3, -0.25) is 4.98 Å². The van der Waals surface area contributed by atoms with Gasteiger partial charge in [0, 0.05) is 23.8 Å². The second kappa shape index (κ2) is 3.56. The SMILES string of the molecule is CN(C)C1Cc2cccc3cncc(c23)C1. The van der Waals surface area contributed by atoms with Gasteiger partial charge in [0.05, 0.1) is 0 Å². The van der Waals surface area contributed by atoms with Crippen LogP contribution < -0.4 is 0 Å². The van der Waals surface area contributed by atoms with Crippen LogP contribution in [0.15, 0.2) is 30.6 Å². The summed E-state index contributed by atoms with van der Waals surface area (Å²) in [5, 5.41) is 2.72. The van der Waals surface area contributed by atoms with Crippen LogP contribution in [0, 0.1) is 0 Å². The van der Waals surface area contributed by atoms with Gasteiger partial charge < -0.3 is 4.90 Å². The number of aromatic nitrogens is 1. The summed E-state index contributed by atoms with van der Waals surface area (Å²) < 4.78 is 0. The molecule has 1 aliphatic carbocycles. The third-order valence-electron chi connectivity index (χ3n) is 3.59. The summed E-state index contributed by atoms with van der Waals surface area (Å²) in [4.78, 5) is 6.65. The molecule has 1 atom stereocenters. The second-order valence-corrected chi connectivity index (χ2v) is 4.84. The van der Waals surface area contributed by atoms with Crippen LogP contribution in [0.4, 0.5) is 0 Å². The summed E-state index contributed by atoms with van der Waals surface area (Å²) in [6, 6.07) is 7.16. The van der Waals surface area contributed by atoms with E-state index >= 15 is 0 Å². The van der Waals surface area contributed by atoms with E-state index in [1.165, 1.54) is 21.9 Å². The standard InChI is InChI=1S/C14H16N2/c1-16(2)13-6-10-4-3-5-11-8-15-9-12(7-13)14(10)11/h3-5,8-9,13H,6-7H2,1-2H3. The van der Waals surface area contributed by atoms with Gasteiger partial charge in [0.1, 0.15) is 0 Å². The van der Waals surface area contributed by atoms with Gasteiger partial charge in [0.2, 0.25) is 0 Å². The molecule has 0 bridgehead atoms. The first-order valence-corrected chi connectivity index (χ1v) is 5.76. The number of nitrogens with zero attached hydrogens (tertiary/aromatic N) is 2. The van der Waals surface area contributed by atoms with Crippen LogP contribution in [0.2, 0.25) is 0 Å². The molecule has 0 amide bonds. The monoisotopic (exact) mass is 212 g/mol. The van der Waals surface area contributed by atoms with Crippen molar-refractivity contribution in [3.63, 3.8) is 0 Å². The van der Waals surface area contributed by atoms with E-state index in [-0.39, 0.29) is 0 Å². The first-order chi connectivity index (χ1) is 7.75. The van der Waals surface area contributed by atoms with E-state index in [1.807, 2.05) is 12.4 Å². The fourth-order valence-corrected chi connectivity index (χ4v) is 2.66. The third-order valence-corrected chi connectivity index (χ3v) is 3.59. The van der Waals surface area contributed by atoms with Crippen molar-refractivity contribution < 1.29 is 0 Å². The maximum atomic E-state index is 4.33. The van der Waals surface area contributed by atoms with Crippen LogP contribution in [0.25, 0.3) is 10.8 Å². The van der Waals surface area contributed by atoms with Crippen LogP contribution in [0.1, 0.15) is 11.1 Å². The molecule has 1 unspecified atom stereocenters. The molecule has 0 radical (unpaired) electrons. The predicted molar refractivity (Wildman–Crippen MR) is 66.6 cm³/mol. The summed E-state index contributed by atoms with van der Waals surface area (Å²) in [5.41, 5.74) is 2.87. The van der Waals surface area contributed by atoms with E-state index in [0.717, 1.165) is 12.8 Å². The summed E-state index contributed by atoms with van der Waals surface area (Å²) >= 11 is 0. The number of pyridine rings is 1. The van der Waals surface area contributed by atoms with Crippen LogP contribution in [0.3, 0.4) is 0 Å². The van der Waals surface area contributed by atoms with Gasteiger partial charge in [0.15, 0.2) is 0 Å². The Balaban J connectivity index is 2.20. The molecule has 16 heavy (non-hydrogen) atoms. The fourth-order valence-electron chi connectivity index (χ4n) is 2.66. The highest BCUT2D eigenvalue weighted by molar-refractivity contribution is 5.88. The average molecular weight is 212 g/mol. The van der Waals surface area contributed by atoms with Gasteiger partial charge in [-0.05, 0) is 43.5 Å². The Hall–Kier alpha value is -1.41. The molecule has 0 N–H and O–H groups in total. The van der Waals surface area contributed by atoms with Crippen LogP contribution in [-0.2, 0) is 12.8 Å². The van der Waals surface area contributed by atoms with Crippen LogP contribution in [0.5, 0.6) is 0 Å². The van der Waals surface area contributed by atoms with Gasteiger partial charge >= 0.3 is 0 Å². The van der Waals surface area contributed by atoms with Crippen molar-refractivity contribution in [2.24, 2.45) is 0 Å². The molecule has 2 aromatic rings. The molecule has 2 heteroatoms. The lowest BCUT2D eigenvalue weighted by atomic mass is 9.87. The summed E-state index contributed by atoms with van der Waals surface area (Å²) in [5.74, 6) is 0. The zero-order valence-electron chi connectivity index (χ0n) is 9.77. The minimum absolute atomic E-state index is 0.613. The summed E-state index contributed by atoms with van der Waals surface area (Å²) in [6.07, 6.45) is 6.27. The molecular weight excluding hydrogens is 196 g/mol. The average Bonchev–Trinajstić information content (AvgIpc) is 2.29. The molecule has 1 aromatic heterocycles. The smallest absolute Gasteiger partial charge is 0.0346 e. The highest BCUT2D eigenvalue weighted by Gasteiger charge is 2.21. The molecule has 2 nitrogen and oxygen atoms in total. The lowest BCUT2D eigenvalue weighted by molar-refractivity contribution is 0.287. The third kappa shape index (κ3) is 1.41. The van der Waals surface area contributed by atoms with Crippen LogP contribution in [-0.4, -0.2) is 30.0 Å². The molecule has 3 rings (SSSR count). The Morgan fingerprint density at radius 1 is 1.12 bits per heavy atom. The minimum atomic E-state index is 0.613. The lowest BCUT2D eigenvalue weighted by Gasteiger charge is -2.29. The van der Waals surface area contributed by atoms with E-state index in [1.54, 1.807) is 0 Å². The van der Waals surface area contributed by atoms with Crippen LogP contribution >= 0.6 is 0 Å². The molecule has 0 fully saturated rings. The lowest BCUT2D eigenvalue weighted by Crippen LogP contribution is -2.34. The fraction of sp³-hybridized carbons (Fsp3) is 0.357. The van der Waals surface area contributed by atoms with Gasteiger partial charge in [-0.25, -0.2) is 0 Å². The van der Waals surface area contributed by atoms with Crippen molar-refractivity contribution >= 4 is 10.8 Å². The van der Waals surface area contributed by atoms with E-state index in [4.69, 9.17) is 0 Å². The Labute approximate surface area is 95.9 Å². The molecule has 0 spiro atoms. The van der Waals surface area contributed by atoms with Crippen molar-refractivity contribution in [2.75, 3.05) is 14.1 Å². The maximum Gasteiger partial charge on any atom is 0.0346 e. The zero-order chi connectivity index (χ0) is 11.1. The maximum absolute atomic E-state index is 4.33. The van der Waals surface area contributed by atoms with Gasteiger partial charge in [-0.2, -0.15) is 0 Å². The molecule has 1 heterocycles. The van der Waals surface area contributed by atoms with Gasteiger partial charge in [-0.15, -0.1) is 0 Å². The topological polar surface area (TPSA) is 16.1 Å². The molecular formula is C14H16N2. The van der Waals surface area contributed by atoms with Crippen molar-refractivity contribution in [3.8, 4) is 0 Å². The largest absolute Gasteiger partial charge is 0.306 e. The van der Waals surface area contributed by atoms with Gasteiger partial charge in [0.25, 0.3) is 0 Å². The van der Waals surface area contributed by atoms with Crippen molar-refractivity contribution in [3.05, 3.63) is 41.7 Å². The number of hydrogen-bond acceptors (Lipinski definition) is 2. The van der Waals surface area contributed by atoms with Crippen molar-refractivity contribution in [2.45, 2.75) is 18.9 Å². The molecule has 82 valence electrons. The first kappa shape index (κ1) is 9.79. The number of rotatable bonds is 1. The van der Waals surface area contributed by atoms with Crippen molar-refractivity contribution in [1.29, 1.82) is 0 Å². The normalized spacial score (nSPS) is 19.3. The van der Waals surface area contributed by atoms with E-state index in [9.17, 15) is 0 Å². The quantitative estimate of drug-likeness (QED) is 0.721. The first-order valence-electron chi connectivity index (χ1n) is 5.76. The Morgan fingerprint density at radius 3 is 2.75 bits per heavy atom. The Bertz CT molecular complexity index is 490. The highest BCUT2D eigenvalue weighted by atomic mass is 15.1. The molecule has 0 aliphatic heterocycles. The van der Waals surface area contributed by atoms with E-state index < -0.39 is 0 Å². The second-order valence-electron chi connectivity index (χ2n) is 4.84.